The van der Waals surface area contributed by atoms with Crippen LogP contribution in [0.5, 0.6) is 0 Å². The molecule has 2 heterocycles. The van der Waals surface area contributed by atoms with Crippen molar-refractivity contribution in [2.75, 3.05) is 6.54 Å². The number of para-hydroxylation sites is 1. The van der Waals surface area contributed by atoms with E-state index < -0.39 is 0 Å². The van der Waals surface area contributed by atoms with Gasteiger partial charge < -0.3 is 4.57 Å². The monoisotopic (exact) mass is 412 g/mol. The van der Waals surface area contributed by atoms with Crippen molar-refractivity contribution < 1.29 is 4.79 Å². The SMILES string of the molecule is CC(C)Cn1cc(/C=C2\SC(=S)N(CCC3CCCC3)C2=O)c2ccccc21. The summed E-state index contributed by atoms with van der Waals surface area (Å²) in [4.78, 5) is 15.6. The molecule has 5 heteroatoms. The average Bonchev–Trinajstić information content (AvgIpc) is 3.35. The van der Waals surface area contributed by atoms with Crippen molar-refractivity contribution in [3.63, 3.8) is 0 Å². The van der Waals surface area contributed by atoms with Gasteiger partial charge in [-0.3, -0.25) is 9.69 Å². The maximum atomic E-state index is 13.0. The molecule has 148 valence electrons. The molecule has 0 bridgehead atoms. The van der Waals surface area contributed by atoms with Gasteiger partial charge in [0.05, 0.1) is 4.91 Å². The Labute approximate surface area is 177 Å². The van der Waals surface area contributed by atoms with Crippen LogP contribution in [0.25, 0.3) is 17.0 Å². The summed E-state index contributed by atoms with van der Waals surface area (Å²) in [5.41, 5.74) is 2.33. The van der Waals surface area contributed by atoms with Crippen molar-refractivity contribution in [1.82, 2.24) is 9.47 Å². The molecule has 0 N–H and O–H groups in total. The Hall–Kier alpha value is -1.59. The number of rotatable bonds is 6. The van der Waals surface area contributed by atoms with Crippen LogP contribution in [0.1, 0.15) is 51.5 Å². The van der Waals surface area contributed by atoms with E-state index in [1.165, 1.54) is 48.3 Å². The van der Waals surface area contributed by atoms with Crippen LogP contribution in [-0.2, 0) is 11.3 Å². The molecule has 1 aromatic carbocycles. The lowest BCUT2D eigenvalue weighted by atomic mass is 10.0. The molecular formula is C23H28N2OS2. The van der Waals surface area contributed by atoms with Gasteiger partial charge in [0.25, 0.3) is 5.91 Å². The van der Waals surface area contributed by atoms with Crippen molar-refractivity contribution in [3.05, 3.63) is 40.9 Å². The molecule has 1 saturated heterocycles. The highest BCUT2D eigenvalue weighted by Gasteiger charge is 2.32. The van der Waals surface area contributed by atoms with E-state index in [1.54, 1.807) is 0 Å². The predicted molar refractivity (Wildman–Crippen MR) is 123 cm³/mol. The molecule has 2 fully saturated rings. The lowest BCUT2D eigenvalue weighted by Crippen LogP contribution is -2.30. The van der Waals surface area contributed by atoms with Crippen LogP contribution in [-0.4, -0.2) is 26.2 Å². The summed E-state index contributed by atoms with van der Waals surface area (Å²) in [5, 5.41) is 1.19. The molecule has 2 aromatic rings. The standard InChI is InChI=1S/C23H28N2OS2/c1-16(2)14-24-15-18(19-9-5-6-10-20(19)24)13-21-22(26)25(23(27)28-21)12-11-17-7-3-4-8-17/h5-6,9-10,13,15-17H,3-4,7-8,11-12,14H2,1-2H3/b21-13-. The summed E-state index contributed by atoms with van der Waals surface area (Å²) in [6.07, 6.45) is 10.6. The van der Waals surface area contributed by atoms with Gasteiger partial charge in [0, 0.05) is 35.8 Å². The van der Waals surface area contributed by atoms with Crippen molar-refractivity contribution in [2.45, 2.75) is 52.5 Å². The maximum absolute atomic E-state index is 13.0. The minimum absolute atomic E-state index is 0.0775. The number of carbonyl (C=O) groups is 1. The van der Waals surface area contributed by atoms with E-state index in [2.05, 4.69) is 48.9 Å². The Morgan fingerprint density at radius 1 is 1.25 bits per heavy atom. The molecule has 1 aromatic heterocycles. The van der Waals surface area contributed by atoms with Gasteiger partial charge in [0.1, 0.15) is 4.32 Å². The Kier molecular flexibility index (Phi) is 5.93. The lowest BCUT2D eigenvalue weighted by molar-refractivity contribution is -0.122. The molecule has 28 heavy (non-hydrogen) atoms. The van der Waals surface area contributed by atoms with Crippen molar-refractivity contribution >= 4 is 51.2 Å². The van der Waals surface area contributed by atoms with Gasteiger partial charge in [0.15, 0.2) is 0 Å². The maximum Gasteiger partial charge on any atom is 0.266 e. The first kappa shape index (κ1) is 19.7. The molecule has 3 nitrogen and oxygen atoms in total. The number of nitrogens with zero attached hydrogens (tertiary/aromatic N) is 2. The minimum atomic E-state index is 0.0775. The molecule has 4 rings (SSSR count). The highest BCUT2D eigenvalue weighted by molar-refractivity contribution is 8.26. The van der Waals surface area contributed by atoms with Gasteiger partial charge in [0.2, 0.25) is 0 Å². The summed E-state index contributed by atoms with van der Waals surface area (Å²) in [7, 11) is 0. The van der Waals surface area contributed by atoms with Crippen LogP contribution in [0.15, 0.2) is 35.4 Å². The first-order chi connectivity index (χ1) is 13.5. The van der Waals surface area contributed by atoms with Crippen LogP contribution < -0.4 is 0 Å². The zero-order valence-electron chi connectivity index (χ0n) is 16.7. The fourth-order valence-corrected chi connectivity index (χ4v) is 5.68. The second kappa shape index (κ2) is 8.42. The first-order valence-electron chi connectivity index (χ1n) is 10.4. The van der Waals surface area contributed by atoms with Gasteiger partial charge in [-0.25, -0.2) is 0 Å². The second-order valence-corrected chi connectivity index (χ2v) is 10.1. The average molecular weight is 413 g/mol. The topological polar surface area (TPSA) is 25.2 Å². The molecule has 1 aliphatic carbocycles. The van der Waals surface area contributed by atoms with E-state index in [0.29, 0.717) is 10.2 Å². The highest BCUT2D eigenvalue weighted by Crippen LogP contribution is 2.36. The summed E-state index contributed by atoms with van der Waals surface area (Å²) < 4.78 is 3.01. The van der Waals surface area contributed by atoms with Crippen LogP contribution in [0.4, 0.5) is 0 Å². The number of thioether (sulfide) groups is 1. The number of thiocarbonyl (C=S) groups is 1. The van der Waals surface area contributed by atoms with E-state index in [0.717, 1.165) is 35.9 Å². The number of hydrogen-bond donors (Lipinski definition) is 0. The van der Waals surface area contributed by atoms with Crippen LogP contribution in [0, 0.1) is 11.8 Å². The van der Waals surface area contributed by atoms with E-state index in [1.807, 2.05) is 11.0 Å². The predicted octanol–water partition coefficient (Wildman–Crippen LogP) is 6.08. The number of amides is 1. The molecule has 1 saturated carbocycles. The summed E-state index contributed by atoms with van der Waals surface area (Å²) in [6.45, 7) is 6.19. The number of aromatic nitrogens is 1. The Morgan fingerprint density at radius 2 is 2.00 bits per heavy atom. The summed E-state index contributed by atoms with van der Waals surface area (Å²) >= 11 is 6.98. The molecule has 0 atom stereocenters. The quantitative estimate of drug-likeness (QED) is 0.425. The third-order valence-electron chi connectivity index (χ3n) is 5.78. The molecule has 0 unspecified atom stereocenters. The molecule has 1 amide bonds. The Balaban J connectivity index is 1.57. The molecule has 1 aliphatic heterocycles. The first-order valence-corrected chi connectivity index (χ1v) is 11.6. The van der Waals surface area contributed by atoms with Gasteiger partial charge in [-0.2, -0.15) is 0 Å². The van der Waals surface area contributed by atoms with Crippen molar-refractivity contribution in [1.29, 1.82) is 0 Å². The summed E-state index contributed by atoms with van der Waals surface area (Å²) in [6, 6.07) is 8.43. The van der Waals surface area contributed by atoms with Crippen molar-refractivity contribution in [2.24, 2.45) is 11.8 Å². The van der Waals surface area contributed by atoms with Gasteiger partial charge in [-0.05, 0) is 30.4 Å². The summed E-state index contributed by atoms with van der Waals surface area (Å²) in [5.74, 6) is 1.41. The largest absolute Gasteiger partial charge is 0.347 e. The fourth-order valence-electron chi connectivity index (χ4n) is 4.38. The van der Waals surface area contributed by atoms with E-state index in [-0.39, 0.29) is 5.91 Å². The minimum Gasteiger partial charge on any atom is -0.347 e. The third kappa shape index (κ3) is 4.06. The Morgan fingerprint density at radius 3 is 2.75 bits per heavy atom. The van der Waals surface area contributed by atoms with Gasteiger partial charge in [-0.1, -0.05) is 81.7 Å². The van der Waals surface area contributed by atoms with Gasteiger partial charge in [-0.15, -0.1) is 0 Å². The number of benzene rings is 1. The Bertz CT molecular complexity index is 922. The van der Waals surface area contributed by atoms with Crippen LogP contribution >= 0.6 is 24.0 Å². The zero-order chi connectivity index (χ0) is 19.7. The van der Waals surface area contributed by atoms with Gasteiger partial charge >= 0.3 is 0 Å². The van der Waals surface area contributed by atoms with Crippen molar-refractivity contribution in [3.8, 4) is 0 Å². The van der Waals surface area contributed by atoms with E-state index in [4.69, 9.17) is 12.2 Å². The number of carbonyl (C=O) groups excluding carboxylic acids is 1. The fraction of sp³-hybridized carbons (Fsp3) is 0.478. The zero-order valence-corrected chi connectivity index (χ0v) is 18.3. The normalized spacial score (nSPS) is 19.8. The molecule has 0 radical (unpaired) electrons. The molecule has 0 spiro atoms. The third-order valence-corrected chi connectivity index (χ3v) is 7.15. The second-order valence-electron chi connectivity index (χ2n) is 8.42. The lowest BCUT2D eigenvalue weighted by Gasteiger charge is -2.17. The van der Waals surface area contributed by atoms with E-state index in [9.17, 15) is 4.79 Å². The highest BCUT2D eigenvalue weighted by atomic mass is 32.2. The number of hydrogen-bond acceptors (Lipinski definition) is 3. The smallest absolute Gasteiger partial charge is 0.266 e. The number of fused-ring (bicyclic) bond motifs is 1. The molecular weight excluding hydrogens is 384 g/mol. The van der Waals surface area contributed by atoms with Crippen LogP contribution in [0.3, 0.4) is 0 Å². The van der Waals surface area contributed by atoms with E-state index >= 15 is 0 Å². The van der Waals surface area contributed by atoms with Crippen LogP contribution in [0.2, 0.25) is 0 Å². The molecule has 2 aliphatic rings.